The second-order valence-electron chi connectivity index (χ2n) is 13.8. The Bertz CT molecular complexity index is 2920. The van der Waals surface area contributed by atoms with Gasteiger partial charge in [0.25, 0.3) is 0 Å². The van der Waals surface area contributed by atoms with E-state index in [1.165, 1.54) is 5.39 Å². The van der Waals surface area contributed by atoms with Crippen LogP contribution in [0.5, 0.6) is 0 Å². The Morgan fingerprint density at radius 1 is 0.577 bits per heavy atom. The van der Waals surface area contributed by atoms with Crippen molar-refractivity contribution in [1.29, 1.82) is 0 Å². The van der Waals surface area contributed by atoms with Crippen molar-refractivity contribution >= 4 is 54.8 Å². The minimum absolute atomic E-state index is 0.0521. The number of allylic oxidation sites excluding steroid dienone is 9. The van der Waals surface area contributed by atoms with Crippen LogP contribution in [-0.4, -0.2) is 15.0 Å². The van der Waals surface area contributed by atoms with Crippen LogP contribution in [0.4, 0.5) is 0 Å². The smallest absolute Gasteiger partial charge is 0.164 e. The molecule has 3 aliphatic carbocycles. The van der Waals surface area contributed by atoms with Crippen molar-refractivity contribution in [3.63, 3.8) is 0 Å². The summed E-state index contributed by atoms with van der Waals surface area (Å²) in [6.45, 7) is 0. The lowest BCUT2D eigenvalue weighted by Gasteiger charge is -2.24. The van der Waals surface area contributed by atoms with E-state index >= 15 is 0 Å². The van der Waals surface area contributed by atoms with Crippen molar-refractivity contribution in [2.24, 2.45) is 11.8 Å². The van der Waals surface area contributed by atoms with Gasteiger partial charge in [-0.1, -0.05) is 140 Å². The van der Waals surface area contributed by atoms with Gasteiger partial charge in [-0.05, 0) is 35.4 Å². The van der Waals surface area contributed by atoms with Gasteiger partial charge >= 0.3 is 0 Å². The Balaban J connectivity index is 1.11. The number of rotatable bonds is 4. The average Bonchev–Trinajstić information content (AvgIpc) is 3.79. The Morgan fingerprint density at radius 2 is 1.31 bits per heavy atom. The van der Waals surface area contributed by atoms with Crippen molar-refractivity contribution < 1.29 is 8.83 Å². The Labute approximate surface area is 299 Å². The number of furan rings is 2. The predicted molar refractivity (Wildman–Crippen MR) is 209 cm³/mol. The number of benzene rings is 5. The molecular formula is C47H31N3O2. The highest BCUT2D eigenvalue weighted by atomic mass is 16.3. The van der Waals surface area contributed by atoms with Gasteiger partial charge < -0.3 is 8.83 Å². The second-order valence-corrected chi connectivity index (χ2v) is 13.8. The summed E-state index contributed by atoms with van der Waals surface area (Å²) in [6.07, 6.45) is 18.4. The molecule has 3 unspecified atom stereocenters. The standard InChI is InChI=1S/C47H31N3O2/c1-3-12-30-26-32(22-20-28(30)10-1)45-48-46(33-23-21-29-11-2-4-13-31(29)27-33)50-47(49-45)39-25-24-37(44-42(39)38-15-6-8-19-41(38)52-44)36-17-9-16-35-34-14-5-7-18-40(34)51-43(35)36/h1-23,25-28,30,37H,24H2. The zero-order chi connectivity index (χ0) is 34.2. The van der Waals surface area contributed by atoms with E-state index in [1.807, 2.05) is 24.3 Å². The molecule has 11 rings (SSSR count). The van der Waals surface area contributed by atoms with Crippen molar-refractivity contribution in [2.75, 3.05) is 0 Å². The molecule has 0 spiro atoms. The number of nitrogens with zero attached hydrogens (tertiary/aromatic N) is 3. The first-order valence-electron chi connectivity index (χ1n) is 17.9. The fraction of sp³-hybridized carbons (Fsp3) is 0.0851. The zero-order valence-corrected chi connectivity index (χ0v) is 28.1. The molecule has 3 atom stereocenters. The summed E-state index contributed by atoms with van der Waals surface area (Å²) in [5.74, 6) is 3.39. The maximum atomic E-state index is 6.81. The van der Waals surface area contributed by atoms with Gasteiger partial charge in [-0.15, -0.1) is 0 Å². The fourth-order valence-corrected chi connectivity index (χ4v) is 8.26. The van der Waals surface area contributed by atoms with Crippen LogP contribution in [0.15, 0.2) is 167 Å². The van der Waals surface area contributed by atoms with Crippen LogP contribution in [0.3, 0.4) is 0 Å². The molecule has 0 amide bonds. The van der Waals surface area contributed by atoms with Gasteiger partial charge in [-0.3, -0.25) is 0 Å². The molecule has 3 heterocycles. The summed E-state index contributed by atoms with van der Waals surface area (Å²) in [5, 5.41) is 5.59. The first kappa shape index (κ1) is 29.2. The summed E-state index contributed by atoms with van der Waals surface area (Å²) in [7, 11) is 0. The molecule has 3 aliphatic rings. The van der Waals surface area contributed by atoms with Crippen LogP contribution < -0.4 is 0 Å². The van der Waals surface area contributed by atoms with Crippen molar-refractivity contribution in [3.8, 4) is 11.4 Å². The molecule has 0 bridgehead atoms. The monoisotopic (exact) mass is 669 g/mol. The number of hydrogen-bond donors (Lipinski definition) is 0. The van der Waals surface area contributed by atoms with E-state index in [0.717, 1.165) is 71.9 Å². The molecule has 0 N–H and O–H groups in total. The normalized spacial score (nSPS) is 19.3. The number of hydrogen-bond acceptors (Lipinski definition) is 5. The lowest BCUT2D eigenvalue weighted by molar-refractivity contribution is 0.513. The molecule has 52 heavy (non-hydrogen) atoms. The molecule has 0 fully saturated rings. The Kier molecular flexibility index (Phi) is 6.44. The van der Waals surface area contributed by atoms with Crippen LogP contribution in [0, 0.1) is 11.8 Å². The van der Waals surface area contributed by atoms with E-state index in [0.29, 0.717) is 29.8 Å². The summed E-state index contributed by atoms with van der Waals surface area (Å²) < 4.78 is 13.3. The van der Waals surface area contributed by atoms with Crippen LogP contribution in [0.25, 0.3) is 66.2 Å². The van der Waals surface area contributed by atoms with E-state index in [1.54, 1.807) is 0 Å². The summed E-state index contributed by atoms with van der Waals surface area (Å²) >= 11 is 0. The van der Waals surface area contributed by atoms with Crippen molar-refractivity contribution in [2.45, 2.75) is 12.3 Å². The topological polar surface area (TPSA) is 65.0 Å². The van der Waals surface area contributed by atoms with Gasteiger partial charge in [-0.25, -0.2) is 15.0 Å². The molecule has 246 valence electrons. The van der Waals surface area contributed by atoms with Gasteiger partial charge in [0, 0.05) is 61.7 Å². The highest BCUT2D eigenvalue weighted by molar-refractivity contribution is 6.06. The first-order chi connectivity index (χ1) is 25.7. The quantitative estimate of drug-likeness (QED) is 0.187. The number of para-hydroxylation sites is 3. The number of fused-ring (bicyclic) bond motifs is 8. The van der Waals surface area contributed by atoms with Gasteiger partial charge in [0.2, 0.25) is 0 Å². The van der Waals surface area contributed by atoms with E-state index in [-0.39, 0.29) is 11.8 Å². The van der Waals surface area contributed by atoms with Gasteiger partial charge in [0.15, 0.2) is 17.5 Å². The van der Waals surface area contributed by atoms with Gasteiger partial charge in [-0.2, -0.15) is 0 Å². The Morgan fingerprint density at radius 3 is 2.21 bits per heavy atom. The summed E-state index contributed by atoms with van der Waals surface area (Å²) in [5.41, 5.74) is 7.66. The molecule has 5 heteroatoms. The first-order valence-corrected chi connectivity index (χ1v) is 17.9. The zero-order valence-electron chi connectivity index (χ0n) is 28.1. The molecule has 0 radical (unpaired) electrons. The third kappa shape index (κ3) is 4.59. The van der Waals surface area contributed by atoms with Crippen molar-refractivity contribution in [3.05, 3.63) is 186 Å². The van der Waals surface area contributed by atoms with Crippen LogP contribution in [0.2, 0.25) is 0 Å². The maximum Gasteiger partial charge on any atom is 0.164 e. The summed E-state index contributed by atoms with van der Waals surface area (Å²) in [4.78, 5) is 15.6. The van der Waals surface area contributed by atoms with E-state index in [2.05, 4.69) is 134 Å². The lowest BCUT2D eigenvalue weighted by atomic mass is 9.82. The minimum Gasteiger partial charge on any atom is -0.460 e. The number of aromatic nitrogens is 3. The van der Waals surface area contributed by atoms with Gasteiger partial charge in [0.1, 0.15) is 22.5 Å². The predicted octanol–water partition coefficient (Wildman–Crippen LogP) is 11.6. The van der Waals surface area contributed by atoms with E-state index in [4.69, 9.17) is 23.8 Å². The van der Waals surface area contributed by atoms with E-state index < -0.39 is 0 Å². The molecule has 0 saturated carbocycles. The summed E-state index contributed by atoms with van der Waals surface area (Å²) in [6, 6.07) is 37.8. The average molecular weight is 670 g/mol. The van der Waals surface area contributed by atoms with Gasteiger partial charge in [0.05, 0.1) is 0 Å². The third-order valence-corrected chi connectivity index (χ3v) is 10.8. The van der Waals surface area contributed by atoms with Crippen molar-refractivity contribution in [1.82, 2.24) is 15.0 Å². The molecule has 5 aromatic carbocycles. The molecule has 0 saturated heterocycles. The minimum atomic E-state index is -0.0521. The second kappa shape index (κ2) is 11.5. The molecule has 3 aromatic heterocycles. The molecule has 5 nitrogen and oxygen atoms in total. The highest BCUT2D eigenvalue weighted by Crippen LogP contribution is 2.48. The highest BCUT2D eigenvalue weighted by Gasteiger charge is 2.33. The van der Waals surface area contributed by atoms with Crippen LogP contribution >= 0.6 is 0 Å². The van der Waals surface area contributed by atoms with Crippen LogP contribution in [0.1, 0.15) is 40.9 Å². The molecule has 0 aliphatic heterocycles. The lowest BCUT2D eigenvalue weighted by Crippen LogP contribution is -2.14. The Hall–Kier alpha value is -6.59. The third-order valence-electron chi connectivity index (χ3n) is 10.8. The molecular weight excluding hydrogens is 639 g/mol. The largest absolute Gasteiger partial charge is 0.460 e. The SMILES string of the molecule is C1=CC2C=CC(c3nc(C4=CCC(c5cccc6c5oc5ccccc56)c5oc6ccccc6c54)nc(-c4ccc5ccccc5c4)n3)=CC2C=C1. The maximum absolute atomic E-state index is 6.81. The van der Waals surface area contributed by atoms with Crippen LogP contribution in [-0.2, 0) is 0 Å². The van der Waals surface area contributed by atoms with E-state index in [9.17, 15) is 0 Å². The fourth-order valence-electron chi connectivity index (χ4n) is 8.26. The molecule has 8 aromatic rings.